The lowest BCUT2D eigenvalue weighted by molar-refractivity contribution is 0.0910. The van der Waals surface area contributed by atoms with Gasteiger partial charge in [0.2, 0.25) is 0 Å². The molecular formula is C15H15ClN2O3. The van der Waals surface area contributed by atoms with Crippen molar-refractivity contribution in [2.24, 2.45) is 0 Å². The molecule has 5 nitrogen and oxygen atoms in total. The zero-order valence-corrected chi connectivity index (χ0v) is 12.2. The Hall–Kier alpha value is -2.27. The number of rotatable bonds is 5. The van der Waals surface area contributed by atoms with Gasteiger partial charge in [0.25, 0.3) is 11.8 Å². The third kappa shape index (κ3) is 4.10. The van der Waals surface area contributed by atoms with Gasteiger partial charge in [-0.3, -0.25) is 9.59 Å². The van der Waals surface area contributed by atoms with E-state index in [4.69, 9.17) is 16.0 Å². The number of nitrogens with one attached hydrogen (secondary N) is 2. The molecule has 2 rings (SSSR count). The van der Waals surface area contributed by atoms with Crippen molar-refractivity contribution >= 4 is 23.4 Å². The molecule has 6 heteroatoms. The molecule has 1 aromatic heterocycles. The summed E-state index contributed by atoms with van der Waals surface area (Å²) in [6.45, 7) is 2.44. The second-order valence-corrected chi connectivity index (χ2v) is 4.89. The highest BCUT2D eigenvalue weighted by atomic mass is 35.5. The fourth-order valence-corrected chi connectivity index (χ4v) is 1.87. The van der Waals surface area contributed by atoms with Crippen LogP contribution in [0.3, 0.4) is 0 Å². The summed E-state index contributed by atoms with van der Waals surface area (Å²) in [7, 11) is 0. The van der Waals surface area contributed by atoms with Crippen LogP contribution >= 0.6 is 11.6 Å². The minimum absolute atomic E-state index is 0.213. The Balaban J connectivity index is 1.75. The molecule has 2 amide bonds. The quantitative estimate of drug-likeness (QED) is 0.833. The highest BCUT2D eigenvalue weighted by molar-refractivity contribution is 6.30. The maximum Gasteiger partial charge on any atom is 0.287 e. The van der Waals surface area contributed by atoms with Gasteiger partial charge in [-0.25, -0.2) is 0 Å². The Bertz CT molecular complexity index is 635. The van der Waals surface area contributed by atoms with Crippen LogP contribution < -0.4 is 10.6 Å². The van der Waals surface area contributed by atoms with Crippen LogP contribution in [-0.2, 0) is 0 Å². The Kier molecular flexibility index (Phi) is 5.00. The Morgan fingerprint density at radius 2 is 1.67 bits per heavy atom. The molecule has 0 spiro atoms. The standard InChI is InChI=1S/C15H15ClN2O3/c1-10-6-9-21-13(10)15(20)18-8-7-17-14(19)11-2-4-12(16)5-3-11/h2-6,9H,7-8H2,1H3,(H,17,19)(H,18,20). The first-order valence-corrected chi connectivity index (χ1v) is 6.82. The van der Waals surface area contributed by atoms with E-state index in [1.807, 2.05) is 0 Å². The number of amides is 2. The molecule has 0 bridgehead atoms. The Morgan fingerprint density at radius 3 is 2.24 bits per heavy atom. The molecule has 0 fully saturated rings. The molecule has 0 atom stereocenters. The Labute approximate surface area is 127 Å². The van der Waals surface area contributed by atoms with E-state index < -0.39 is 0 Å². The minimum atomic E-state index is -0.293. The predicted octanol–water partition coefficient (Wildman–Crippen LogP) is 2.40. The molecule has 0 radical (unpaired) electrons. The van der Waals surface area contributed by atoms with Crippen molar-refractivity contribution in [3.8, 4) is 0 Å². The van der Waals surface area contributed by atoms with Crippen molar-refractivity contribution in [2.75, 3.05) is 13.1 Å². The summed E-state index contributed by atoms with van der Waals surface area (Å²) in [6.07, 6.45) is 1.46. The lowest BCUT2D eigenvalue weighted by Gasteiger charge is -2.06. The monoisotopic (exact) mass is 306 g/mol. The Morgan fingerprint density at radius 1 is 1.05 bits per heavy atom. The van der Waals surface area contributed by atoms with E-state index in [-0.39, 0.29) is 11.8 Å². The fraction of sp³-hybridized carbons (Fsp3) is 0.200. The molecule has 0 aliphatic heterocycles. The number of hydrogen-bond acceptors (Lipinski definition) is 3. The van der Waals surface area contributed by atoms with Crippen molar-refractivity contribution < 1.29 is 14.0 Å². The van der Waals surface area contributed by atoms with Crippen LogP contribution in [0.1, 0.15) is 26.5 Å². The molecule has 1 heterocycles. The first-order valence-electron chi connectivity index (χ1n) is 6.44. The first-order chi connectivity index (χ1) is 10.1. The zero-order chi connectivity index (χ0) is 15.2. The number of furan rings is 1. The van der Waals surface area contributed by atoms with Gasteiger partial charge in [0.1, 0.15) is 0 Å². The molecule has 0 aliphatic rings. The van der Waals surface area contributed by atoms with Gasteiger partial charge in [0.15, 0.2) is 5.76 Å². The maximum absolute atomic E-state index is 11.8. The summed E-state index contributed by atoms with van der Waals surface area (Å²) < 4.78 is 5.07. The number of carbonyl (C=O) groups excluding carboxylic acids is 2. The van der Waals surface area contributed by atoms with E-state index in [2.05, 4.69) is 10.6 Å². The van der Waals surface area contributed by atoms with Crippen LogP contribution in [-0.4, -0.2) is 24.9 Å². The van der Waals surface area contributed by atoms with Gasteiger partial charge in [-0.15, -0.1) is 0 Å². The minimum Gasteiger partial charge on any atom is -0.459 e. The van der Waals surface area contributed by atoms with Gasteiger partial charge in [0, 0.05) is 29.2 Å². The zero-order valence-electron chi connectivity index (χ0n) is 11.5. The van der Waals surface area contributed by atoms with Crippen LogP contribution in [0.15, 0.2) is 41.0 Å². The lowest BCUT2D eigenvalue weighted by atomic mass is 10.2. The summed E-state index contributed by atoms with van der Waals surface area (Å²) in [4.78, 5) is 23.5. The number of benzene rings is 1. The van der Waals surface area contributed by atoms with Gasteiger partial charge in [0.05, 0.1) is 6.26 Å². The highest BCUT2D eigenvalue weighted by Gasteiger charge is 2.11. The van der Waals surface area contributed by atoms with Crippen molar-refractivity contribution in [1.82, 2.24) is 10.6 Å². The van der Waals surface area contributed by atoms with Gasteiger partial charge < -0.3 is 15.1 Å². The smallest absolute Gasteiger partial charge is 0.287 e. The third-order valence-corrected chi connectivity index (χ3v) is 3.12. The highest BCUT2D eigenvalue weighted by Crippen LogP contribution is 2.09. The van der Waals surface area contributed by atoms with Crippen molar-refractivity contribution in [1.29, 1.82) is 0 Å². The molecule has 0 saturated carbocycles. The van der Waals surface area contributed by atoms with Gasteiger partial charge in [-0.05, 0) is 37.3 Å². The molecule has 0 aliphatic carbocycles. The second-order valence-electron chi connectivity index (χ2n) is 4.45. The molecule has 2 aromatic rings. The van der Waals surface area contributed by atoms with Crippen LogP contribution in [0.2, 0.25) is 5.02 Å². The van der Waals surface area contributed by atoms with Gasteiger partial charge >= 0.3 is 0 Å². The summed E-state index contributed by atoms with van der Waals surface area (Å²) >= 11 is 5.75. The number of carbonyl (C=O) groups is 2. The fourth-order valence-electron chi connectivity index (χ4n) is 1.74. The second kappa shape index (κ2) is 6.95. The normalized spacial score (nSPS) is 10.2. The summed E-state index contributed by atoms with van der Waals surface area (Å²) in [5.41, 5.74) is 1.30. The molecule has 1 aromatic carbocycles. The van der Waals surface area contributed by atoms with Gasteiger partial charge in [-0.2, -0.15) is 0 Å². The van der Waals surface area contributed by atoms with E-state index in [9.17, 15) is 9.59 Å². The molecule has 2 N–H and O–H groups in total. The van der Waals surface area contributed by atoms with Crippen LogP contribution in [0.5, 0.6) is 0 Å². The van der Waals surface area contributed by atoms with Crippen molar-refractivity contribution in [3.63, 3.8) is 0 Å². The van der Waals surface area contributed by atoms with Crippen molar-refractivity contribution in [2.45, 2.75) is 6.92 Å². The molecule has 110 valence electrons. The largest absolute Gasteiger partial charge is 0.459 e. The SMILES string of the molecule is Cc1ccoc1C(=O)NCCNC(=O)c1ccc(Cl)cc1. The van der Waals surface area contributed by atoms with E-state index in [0.29, 0.717) is 29.4 Å². The number of aryl methyl sites for hydroxylation is 1. The summed E-state index contributed by atoms with van der Waals surface area (Å²) in [5.74, 6) is -0.215. The lowest BCUT2D eigenvalue weighted by Crippen LogP contribution is -2.34. The predicted molar refractivity (Wildman–Crippen MR) is 79.6 cm³/mol. The van der Waals surface area contributed by atoms with Crippen LogP contribution in [0.25, 0.3) is 0 Å². The summed E-state index contributed by atoms with van der Waals surface area (Å²) in [6, 6.07) is 8.30. The molecule has 0 unspecified atom stereocenters. The first kappa shape index (κ1) is 15.1. The van der Waals surface area contributed by atoms with Crippen LogP contribution in [0.4, 0.5) is 0 Å². The van der Waals surface area contributed by atoms with Crippen molar-refractivity contribution in [3.05, 3.63) is 58.5 Å². The van der Waals surface area contributed by atoms with Gasteiger partial charge in [-0.1, -0.05) is 11.6 Å². The maximum atomic E-state index is 11.8. The molecule has 0 saturated heterocycles. The topological polar surface area (TPSA) is 71.3 Å². The van der Waals surface area contributed by atoms with Crippen LogP contribution in [0, 0.1) is 6.92 Å². The van der Waals surface area contributed by atoms with E-state index in [1.54, 1.807) is 37.3 Å². The summed E-state index contributed by atoms with van der Waals surface area (Å²) in [5, 5.41) is 5.96. The number of halogens is 1. The number of hydrogen-bond donors (Lipinski definition) is 2. The van der Waals surface area contributed by atoms with E-state index in [0.717, 1.165) is 5.56 Å². The average molecular weight is 307 g/mol. The molecule has 21 heavy (non-hydrogen) atoms. The third-order valence-electron chi connectivity index (χ3n) is 2.87. The van der Waals surface area contributed by atoms with E-state index >= 15 is 0 Å². The van der Waals surface area contributed by atoms with E-state index in [1.165, 1.54) is 6.26 Å². The average Bonchev–Trinajstić information content (AvgIpc) is 2.90. The molecular weight excluding hydrogens is 292 g/mol.